The summed E-state index contributed by atoms with van der Waals surface area (Å²) in [6, 6.07) is 7.10. The Kier molecular flexibility index (Phi) is 8.13. The van der Waals surface area contributed by atoms with E-state index in [1.54, 1.807) is 33.9 Å². The second-order valence-electron chi connectivity index (χ2n) is 11.2. The largest absolute Gasteiger partial charge is 0.443 e. The van der Waals surface area contributed by atoms with Crippen LogP contribution in [0, 0.1) is 5.82 Å². The number of rotatable bonds is 7. The summed E-state index contributed by atoms with van der Waals surface area (Å²) in [5.41, 5.74) is -1.00. The van der Waals surface area contributed by atoms with Crippen molar-refractivity contribution in [1.82, 2.24) is 29.5 Å². The van der Waals surface area contributed by atoms with Crippen LogP contribution in [0.5, 0.6) is 0 Å². The summed E-state index contributed by atoms with van der Waals surface area (Å²) in [5, 5.41) is 10.3. The van der Waals surface area contributed by atoms with Crippen molar-refractivity contribution in [3.63, 3.8) is 0 Å². The van der Waals surface area contributed by atoms with Gasteiger partial charge in [0, 0.05) is 38.7 Å². The number of aromatic nitrogens is 5. The summed E-state index contributed by atoms with van der Waals surface area (Å²) in [5.74, 6) is -0.879. The molecule has 2 amide bonds. The van der Waals surface area contributed by atoms with E-state index in [4.69, 9.17) is 9.47 Å². The summed E-state index contributed by atoms with van der Waals surface area (Å²) in [6.07, 6.45) is 5.85. The molecule has 43 heavy (non-hydrogen) atoms. The van der Waals surface area contributed by atoms with Gasteiger partial charge in [0.2, 0.25) is 0 Å². The number of halogens is 1. The third-order valence-corrected chi connectivity index (χ3v) is 6.94. The summed E-state index contributed by atoms with van der Waals surface area (Å²) in [6.45, 7) is 5.23. The van der Waals surface area contributed by atoms with Crippen molar-refractivity contribution >= 4 is 35.0 Å². The lowest BCUT2D eigenvalue weighted by Gasteiger charge is -2.25. The van der Waals surface area contributed by atoms with E-state index in [0.29, 0.717) is 6.42 Å². The van der Waals surface area contributed by atoms with Crippen molar-refractivity contribution < 1.29 is 23.5 Å². The van der Waals surface area contributed by atoms with Gasteiger partial charge in [-0.25, -0.2) is 19.2 Å². The zero-order valence-electron chi connectivity index (χ0n) is 24.5. The Morgan fingerprint density at radius 1 is 1.19 bits per heavy atom. The smallest absolute Gasteiger partial charge is 0.415 e. The second kappa shape index (κ2) is 11.8. The fourth-order valence-corrected chi connectivity index (χ4v) is 4.83. The Labute approximate surface area is 246 Å². The van der Waals surface area contributed by atoms with Crippen LogP contribution in [0.1, 0.15) is 50.4 Å². The van der Waals surface area contributed by atoms with Crippen molar-refractivity contribution in [2.45, 2.75) is 57.8 Å². The number of hydrogen-bond donors (Lipinski definition) is 2. The van der Waals surface area contributed by atoms with Crippen LogP contribution in [0.15, 0.2) is 53.7 Å². The molecule has 5 rings (SSSR count). The highest BCUT2D eigenvalue weighted by molar-refractivity contribution is 6.00. The molecule has 13 nitrogen and oxygen atoms in total. The minimum atomic E-state index is -0.773. The monoisotopic (exact) mass is 592 g/mol. The van der Waals surface area contributed by atoms with E-state index in [1.807, 2.05) is 0 Å². The van der Waals surface area contributed by atoms with Crippen molar-refractivity contribution in [3.8, 4) is 5.82 Å². The van der Waals surface area contributed by atoms with Crippen molar-refractivity contribution in [3.05, 3.63) is 70.7 Å². The van der Waals surface area contributed by atoms with Gasteiger partial charge in [0.05, 0.1) is 12.3 Å². The van der Waals surface area contributed by atoms with Gasteiger partial charge in [-0.05, 0) is 64.3 Å². The molecule has 0 spiro atoms. The maximum atomic E-state index is 14.4. The van der Waals surface area contributed by atoms with Crippen molar-refractivity contribution in [2.24, 2.45) is 0 Å². The number of ether oxygens (including phenoxy) is 2. The van der Waals surface area contributed by atoms with Gasteiger partial charge in [-0.15, -0.1) is 0 Å². The average molecular weight is 593 g/mol. The molecular weight excluding hydrogens is 559 g/mol. The maximum Gasteiger partial charge on any atom is 0.415 e. The van der Waals surface area contributed by atoms with Crippen LogP contribution in [0.4, 0.5) is 26.5 Å². The SMILES string of the molecule is CO[C@@H]1CC[C@@H](NC(=O)c2cnn3c(N(C)C(=O)OC(C)(C)C)cc(Nc4cccn(-c5ncccc5F)c4=O)nc23)C1. The molecule has 226 valence electrons. The first-order valence-corrected chi connectivity index (χ1v) is 13.7. The molecule has 0 unspecified atom stereocenters. The first kappa shape index (κ1) is 29.6. The van der Waals surface area contributed by atoms with Crippen molar-refractivity contribution in [1.29, 1.82) is 0 Å². The molecule has 1 fully saturated rings. The van der Waals surface area contributed by atoms with E-state index in [0.717, 1.165) is 17.4 Å². The molecule has 0 aromatic carbocycles. The fraction of sp³-hybridized carbons (Fsp3) is 0.379. The Morgan fingerprint density at radius 2 is 1.98 bits per heavy atom. The van der Waals surface area contributed by atoms with E-state index in [-0.39, 0.29) is 52.4 Å². The predicted octanol–water partition coefficient (Wildman–Crippen LogP) is 3.83. The highest BCUT2D eigenvalue weighted by atomic mass is 19.1. The Bertz CT molecular complexity index is 1730. The molecule has 2 N–H and O–H groups in total. The highest BCUT2D eigenvalue weighted by Crippen LogP contribution is 2.26. The number of hydrogen-bond acceptors (Lipinski definition) is 9. The van der Waals surface area contributed by atoms with Crippen LogP contribution in [0.3, 0.4) is 0 Å². The van der Waals surface area contributed by atoms with Gasteiger partial charge in [0.1, 0.15) is 28.5 Å². The average Bonchev–Trinajstić information content (AvgIpc) is 3.60. The number of anilines is 3. The van der Waals surface area contributed by atoms with Crippen molar-refractivity contribution in [2.75, 3.05) is 24.4 Å². The molecule has 4 aromatic heterocycles. The Morgan fingerprint density at radius 3 is 2.67 bits per heavy atom. The molecule has 0 saturated heterocycles. The molecule has 0 bridgehead atoms. The fourth-order valence-electron chi connectivity index (χ4n) is 4.83. The van der Waals surface area contributed by atoms with Crippen LogP contribution < -0.4 is 21.1 Å². The molecule has 14 heteroatoms. The van der Waals surface area contributed by atoms with E-state index < -0.39 is 23.1 Å². The zero-order valence-corrected chi connectivity index (χ0v) is 24.5. The van der Waals surface area contributed by atoms with Gasteiger partial charge in [0.15, 0.2) is 17.3 Å². The number of carbonyl (C=O) groups is 2. The number of carbonyl (C=O) groups excluding carboxylic acids is 2. The number of nitrogens with one attached hydrogen (secondary N) is 2. The van der Waals surface area contributed by atoms with E-state index in [1.165, 1.54) is 59.3 Å². The van der Waals surface area contributed by atoms with Crippen LogP contribution in [-0.4, -0.2) is 68.1 Å². The van der Waals surface area contributed by atoms with E-state index in [9.17, 15) is 18.8 Å². The molecule has 4 heterocycles. The second-order valence-corrected chi connectivity index (χ2v) is 11.2. The Hall–Kier alpha value is -4.85. The number of methoxy groups -OCH3 is 1. The predicted molar refractivity (Wildman–Crippen MR) is 157 cm³/mol. The van der Waals surface area contributed by atoms with Gasteiger partial charge in [-0.3, -0.25) is 19.1 Å². The minimum absolute atomic E-state index is 0.0531. The summed E-state index contributed by atoms with van der Waals surface area (Å²) in [4.78, 5) is 49.5. The summed E-state index contributed by atoms with van der Waals surface area (Å²) < 4.78 is 27.8. The van der Waals surface area contributed by atoms with Crippen LogP contribution in [-0.2, 0) is 9.47 Å². The van der Waals surface area contributed by atoms with E-state index >= 15 is 0 Å². The summed E-state index contributed by atoms with van der Waals surface area (Å²) >= 11 is 0. The van der Waals surface area contributed by atoms with Gasteiger partial charge in [-0.2, -0.15) is 9.61 Å². The van der Waals surface area contributed by atoms with E-state index in [2.05, 4.69) is 25.7 Å². The van der Waals surface area contributed by atoms with Crippen LogP contribution in [0.2, 0.25) is 0 Å². The lowest BCUT2D eigenvalue weighted by atomic mass is 10.2. The standard InChI is InChI=1S/C29H33FN8O5/c1-29(2,3)43-28(41)36(4)23-15-22(34-21-9-7-13-37(27(21)40)25-20(30)8-6-12-31-25)35-24-19(16-32-38(23)24)26(39)33-17-10-11-18(14-17)42-5/h6-9,12-13,15-18H,10-11,14H2,1-5H3,(H,33,39)(H,34,35)/t17-,18-/m1/s1. The molecule has 1 aliphatic carbocycles. The molecule has 2 atom stereocenters. The number of nitrogens with zero attached hydrogens (tertiary/aromatic N) is 6. The maximum absolute atomic E-state index is 14.4. The molecule has 1 aliphatic rings. The number of fused-ring (bicyclic) bond motifs is 1. The molecule has 4 aromatic rings. The van der Waals surface area contributed by atoms with Crippen LogP contribution >= 0.6 is 0 Å². The third-order valence-electron chi connectivity index (χ3n) is 6.94. The highest BCUT2D eigenvalue weighted by Gasteiger charge is 2.29. The van der Waals surface area contributed by atoms with Gasteiger partial charge in [-0.1, -0.05) is 0 Å². The topological polar surface area (TPSA) is 145 Å². The quantitative estimate of drug-likeness (QED) is 0.327. The Balaban J connectivity index is 1.55. The normalized spacial score (nSPS) is 16.7. The third kappa shape index (κ3) is 6.33. The summed E-state index contributed by atoms with van der Waals surface area (Å²) in [7, 11) is 3.15. The first-order valence-electron chi connectivity index (χ1n) is 13.7. The minimum Gasteiger partial charge on any atom is -0.443 e. The van der Waals surface area contributed by atoms with Crippen LogP contribution in [0.25, 0.3) is 11.5 Å². The lowest BCUT2D eigenvalue weighted by molar-refractivity contribution is 0.0587. The number of pyridine rings is 2. The van der Waals surface area contributed by atoms with Gasteiger partial charge >= 0.3 is 6.09 Å². The first-order chi connectivity index (χ1) is 20.4. The zero-order chi connectivity index (χ0) is 30.9. The lowest BCUT2D eigenvalue weighted by Crippen LogP contribution is -2.35. The molecular formula is C29H33FN8O5. The molecule has 0 radical (unpaired) electrons. The van der Waals surface area contributed by atoms with Gasteiger partial charge < -0.3 is 20.1 Å². The molecule has 1 saturated carbocycles. The molecule has 0 aliphatic heterocycles. The van der Waals surface area contributed by atoms with Gasteiger partial charge in [0.25, 0.3) is 11.5 Å². The number of amides is 2.